The van der Waals surface area contributed by atoms with Gasteiger partial charge >= 0.3 is 0 Å². The minimum atomic E-state index is -3.52. The monoisotopic (exact) mass is 199 g/mol. The van der Waals surface area contributed by atoms with Crippen molar-refractivity contribution >= 4 is 19.9 Å². The highest BCUT2D eigenvalue weighted by atomic mass is 35.7. The summed E-state index contributed by atoms with van der Waals surface area (Å²) < 4.78 is 22.7. The molecule has 0 saturated carbocycles. The van der Waals surface area contributed by atoms with Crippen LogP contribution in [0, 0.1) is 0 Å². The van der Waals surface area contributed by atoms with Crippen molar-refractivity contribution in [3.8, 4) is 0 Å². The van der Waals surface area contributed by atoms with Crippen molar-refractivity contribution in [3.05, 3.63) is 0 Å². The summed E-state index contributed by atoms with van der Waals surface area (Å²) in [6, 6.07) is -0.0116. The zero-order valence-corrected chi connectivity index (χ0v) is 8.61. The van der Waals surface area contributed by atoms with E-state index in [9.17, 15) is 8.42 Å². The molecular weight excluding hydrogens is 186 g/mol. The zero-order chi connectivity index (χ0) is 9.07. The van der Waals surface area contributed by atoms with Gasteiger partial charge in [0.1, 0.15) is 0 Å². The van der Waals surface area contributed by atoms with E-state index < -0.39 is 9.24 Å². The molecule has 3 nitrogen and oxygen atoms in total. The average molecular weight is 200 g/mol. The SMILES string of the molecule is CCCC(C)N(C)S(=O)(=O)Cl. The van der Waals surface area contributed by atoms with Crippen LogP contribution in [0.5, 0.6) is 0 Å². The third kappa shape index (κ3) is 3.94. The molecule has 0 fully saturated rings. The fraction of sp³-hybridized carbons (Fsp3) is 1.00. The van der Waals surface area contributed by atoms with Gasteiger partial charge < -0.3 is 0 Å². The van der Waals surface area contributed by atoms with Gasteiger partial charge in [0, 0.05) is 23.8 Å². The largest absolute Gasteiger partial charge is 0.299 e. The second kappa shape index (κ2) is 4.28. The van der Waals surface area contributed by atoms with Crippen molar-refractivity contribution in [3.63, 3.8) is 0 Å². The van der Waals surface area contributed by atoms with Crippen LogP contribution in [0.3, 0.4) is 0 Å². The van der Waals surface area contributed by atoms with Crippen LogP contribution < -0.4 is 0 Å². The normalized spacial score (nSPS) is 15.4. The van der Waals surface area contributed by atoms with Crippen molar-refractivity contribution in [2.45, 2.75) is 32.7 Å². The van der Waals surface area contributed by atoms with Gasteiger partial charge in [0.2, 0.25) is 0 Å². The van der Waals surface area contributed by atoms with E-state index in [-0.39, 0.29) is 6.04 Å². The summed E-state index contributed by atoms with van der Waals surface area (Å²) in [5.41, 5.74) is 0. The van der Waals surface area contributed by atoms with Crippen LogP contribution in [0.25, 0.3) is 0 Å². The Morgan fingerprint density at radius 1 is 1.55 bits per heavy atom. The molecule has 1 unspecified atom stereocenters. The number of halogens is 1. The summed E-state index contributed by atoms with van der Waals surface area (Å²) >= 11 is 0. The number of rotatable bonds is 4. The van der Waals surface area contributed by atoms with E-state index in [4.69, 9.17) is 10.7 Å². The lowest BCUT2D eigenvalue weighted by Gasteiger charge is -2.19. The predicted octanol–water partition coefficient (Wildman–Crippen LogP) is 1.59. The molecule has 0 heterocycles. The Balaban J connectivity index is 4.14. The molecule has 11 heavy (non-hydrogen) atoms. The lowest BCUT2D eigenvalue weighted by atomic mass is 10.2. The van der Waals surface area contributed by atoms with Gasteiger partial charge in [0.25, 0.3) is 9.24 Å². The van der Waals surface area contributed by atoms with Crippen LogP contribution in [0.2, 0.25) is 0 Å². The fourth-order valence-electron chi connectivity index (χ4n) is 0.815. The quantitative estimate of drug-likeness (QED) is 0.645. The molecule has 0 aliphatic rings. The maximum Gasteiger partial charge on any atom is 0.299 e. The Morgan fingerprint density at radius 3 is 2.27 bits per heavy atom. The standard InChI is InChI=1S/C6H14ClNO2S/c1-4-5-6(2)8(3)11(7,9)10/h6H,4-5H2,1-3H3. The Hall–Kier alpha value is 0.200. The van der Waals surface area contributed by atoms with Crippen molar-refractivity contribution in [1.29, 1.82) is 0 Å². The van der Waals surface area contributed by atoms with E-state index in [0.29, 0.717) is 0 Å². The van der Waals surface area contributed by atoms with Crippen molar-refractivity contribution in [2.24, 2.45) is 0 Å². The molecule has 0 aromatic heterocycles. The van der Waals surface area contributed by atoms with Crippen molar-refractivity contribution in [2.75, 3.05) is 7.05 Å². The molecule has 68 valence electrons. The van der Waals surface area contributed by atoms with Gasteiger partial charge in [-0.15, -0.1) is 0 Å². The predicted molar refractivity (Wildman–Crippen MR) is 46.9 cm³/mol. The van der Waals surface area contributed by atoms with Gasteiger partial charge in [-0.05, 0) is 13.3 Å². The third-order valence-corrected chi connectivity index (χ3v) is 3.37. The van der Waals surface area contributed by atoms with Gasteiger partial charge in [-0.3, -0.25) is 0 Å². The van der Waals surface area contributed by atoms with Crippen LogP contribution >= 0.6 is 10.7 Å². The van der Waals surface area contributed by atoms with Crippen molar-refractivity contribution in [1.82, 2.24) is 4.31 Å². The van der Waals surface area contributed by atoms with E-state index >= 15 is 0 Å². The number of nitrogens with zero attached hydrogens (tertiary/aromatic N) is 1. The van der Waals surface area contributed by atoms with Gasteiger partial charge in [-0.25, -0.2) is 0 Å². The highest BCUT2D eigenvalue weighted by Gasteiger charge is 2.19. The molecule has 0 aromatic rings. The summed E-state index contributed by atoms with van der Waals surface area (Å²) in [5, 5.41) is 0. The molecule has 0 N–H and O–H groups in total. The zero-order valence-electron chi connectivity index (χ0n) is 7.04. The molecule has 0 bridgehead atoms. The van der Waals surface area contributed by atoms with Gasteiger partial charge in [0.15, 0.2) is 0 Å². The lowest BCUT2D eigenvalue weighted by Crippen LogP contribution is -2.31. The van der Waals surface area contributed by atoms with Crippen LogP contribution in [-0.4, -0.2) is 25.8 Å². The maximum atomic E-state index is 10.7. The molecule has 0 rings (SSSR count). The van der Waals surface area contributed by atoms with E-state index in [2.05, 4.69) is 0 Å². The van der Waals surface area contributed by atoms with Gasteiger partial charge in [-0.1, -0.05) is 13.3 Å². The number of hydrogen-bond acceptors (Lipinski definition) is 2. The van der Waals surface area contributed by atoms with Crippen LogP contribution in [-0.2, 0) is 9.24 Å². The molecule has 0 aliphatic heterocycles. The molecule has 5 heteroatoms. The summed E-state index contributed by atoms with van der Waals surface area (Å²) in [6.07, 6.45) is 1.79. The Morgan fingerprint density at radius 2 is 2.00 bits per heavy atom. The minimum Gasteiger partial charge on any atom is -0.195 e. The first-order chi connectivity index (χ1) is 4.89. The molecule has 0 spiro atoms. The molecule has 0 aliphatic carbocycles. The molecule has 1 atom stereocenters. The first-order valence-electron chi connectivity index (χ1n) is 3.57. The second-order valence-corrected chi connectivity index (χ2v) is 5.17. The molecule has 0 saturated heterocycles. The Kier molecular flexibility index (Phi) is 4.36. The smallest absolute Gasteiger partial charge is 0.195 e. The van der Waals surface area contributed by atoms with Crippen LogP contribution in [0.1, 0.15) is 26.7 Å². The molecule has 0 radical (unpaired) electrons. The van der Waals surface area contributed by atoms with E-state index in [1.54, 1.807) is 0 Å². The first-order valence-corrected chi connectivity index (χ1v) is 5.83. The number of hydrogen-bond donors (Lipinski definition) is 0. The molecular formula is C6H14ClNO2S. The van der Waals surface area contributed by atoms with Crippen LogP contribution in [0.4, 0.5) is 0 Å². The first kappa shape index (κ1) is 11.2. The third-order valence-electron chi connectivity index (χ3n) is 1.67. The Labute approximate surface area is 72.9 Å². The highest BCUT2D eigenvalue weighted by molar-refractivity contribution is 8.11. The van der Waals surface area contributed by atoms with E-state index in [1.165, 1.54) is 11.4 Å². The minimum absolute atomic E-state index is 0.0116. The lowest BCUT2D eigenvalue weighted by molar-refractivity contribution is 0.376. The van der Waals surface area contributed by atoms with E-state index in [0.717, 1.165) is 12.8 Å². The molecule has 0 amide bonds. The van der Waals surface area contributed by atoms with Crippen LogP contribution in [0.15, 0.2) is 0 Å². The second-order valence-electron chi connectivity index (χ2n) is 2.60. The fourth-order valence-corrected chi connectivity index (χ4v) is 1.76. The van der Waals surface area contributed by atoms with Gasteiger partial charge in [0.05, 0.1) is 0 Å². The summed E-state index contributed by atoms with van der Waals surface area (Å²) in [6.45, 7) is 3.84. The molecule has 0 aromatic carbocycles. The summed E-state index contributed by atoms with van der Waals surface area (Å²) in [7, 11) is 3.08. The Bertz CT molecular complexity index is 203. The van der Waals surface area contributed by atoms with E-state index in [1.807, 2.05) is 13.8 Å². The topological polar surface area (TPSA) is 37.4 Å². The van der Waals surface area contributed by atoms with Crippen molar-refractivity contribution < 1.29 is 8.42 Å². The average Bonchev–Trinajstić information content (AvgIpc) is 1.85. The maximum absolute atomic E-state index is 10.7. The summed E-state index contributed by atoms with van der Waals surface area (Å²) in [4.78, 5) is 0. The summed E-state index contributed by atoms with van der Waals surface area (Å²) in [5.74, 6) is 0. The van der Waals surface area contributed by atoms with Gasteiger partial charge in [-0.2, -0.15) is 12.7 Å². The highest BCUT2D eigenvalue weighted by Crippen LogP contribution is 2.11.